The molecule has 0 aliphatic heterocycles. The number of hydrogen-bond acceptors (Lipinski definition) is 3. The summed E-state index contributed by atoms with van der Waals surface area (Å²) in [6.07, 6.45) is 2.79. The molecular formula is C16H18N2O. The zero-order chi connectivity index (χ0) is 13.3. The summed E-state index contributed by atoms with van der Waals surface area (Å²) in [5.41, 5.74) is 4.97. The zero-order valence-corrected chi connectivity index (χ0v) is 11.0. The summed E-state index contributed by atoms with van der Waals surface area (Å²) in [7, 11) is 0. The van der Waals surface area contributed by atoms with Crippen molar-refractivity contribution in [1.82, 2.24) is 0 Å². The van der Waals surface area contributed by atoms with Gasteiger partial charge in [0, 0.05) is 0 Å². The first-order valence-corrected chi connectivity index (χ1v) is 6.45. The van der Waals surface area contributed by atoms with Gasteiger partial charge in [-0.25, -0.2) is 0 Å². The van der Waals surface area contributed by atoms with Gasteiger partial charge in [0.05, 0.1) is 18.5 Å². The second kappa shape index (κ2) is 7.21. The molecule has 0 unspecified atom stereocenters. The molecule has 3 heteroatoms. The van der Waals surface area contributed by atoms with Gasteiger partial charge in [0.25, 0.3) is 0 Å². The van der Waals surface area contributed by atoms with Crippen molar-refractivity contribution in [2.45, 2.75) is 13.3 Å². The molecule has 0 atom stereocenters. The molecule has 0 bridgehead atoms. The van der Waals surface area contributed by atoms with Gasteiger partial charge in [-0.2, -0.15) is 5.10 Å². The molecule has 2 rings (SSSR count). The SMILES string of the molecule is CCCOc1cccc(C=NNc2ccccc2)c1. The first-order chi connectivity index (χ1) is 9.38. The van der Waals surface area contributed by atoms with Crippen LogP contribution in [0.2, 0.25) is 0 Å². The number of ether oxygens (including phenoxy) is 1. The molecule has 3 nitrogen and oxygen atoms in total. The van der Waals surface area contributed by atoms with Crippen LogP contribution < -0.4 is 10.2 Å². The monoisotopic (exact) mass is 254 g/mol. The number of hydrazone groups is 1. The maximum Gasteiger partial charge on any atom is 0.119 e. The van der Waals surface area contributed by atoms with E-state index in [-0.39, 0.29) is 0 Å². The Morgan fingerprint density at radius 3 is 2.74 bits per heavy atom. The molecule has 0 aliphatic carbocycles. The fourth-order valence-electron chi connectivity index (χ4n) is 1.60. The molecular weight excluding hydrogens is 236 g/mol. The van der Waals surface area contributed by atoms with Crippen LogP contribution in [0.3, 0.4) is 0 Å². The van der Waals surface area contributed by atoms with Crippen LogP contribution in [0, 0.1) is 0 Å². The fourth-order valence-corrected chi connectivity index (χ4v) is 1.60. The Hall–Kier alpha value is -2.29. The minimum absolute atomic E-state index is 0.739. The third kappa shape index (κ3) is 4.47. The van der Waals surface area contributed by atoms with Crippen molar-refractivity contribution in [3.63, 3.8) is 0 Å². The Balaban J connectivity index is 1.95. The Morgan fingerprint density at radius 1 is 1.11 bits per heavy atom. The van der Waals surface area contributed by atoms with E-state index in [4.69, 9.17) is 4.74 Å². The predicted molar refractivity (Wildman–Crippen MR) is 79.9 cm³/mol. The van der Waals surface area contributed by atoms with Crippen LogP contribution in [-0.4, -0.2) is 12.8 Å². The molecule has 1 N–H and O–H groups in total. The minimum Gasteiger partial charge on any atom is -0.494 e. The fraction of sp³-hybridized carbons (Fsp3) is 0.188. The number of rotatable bonds is 6. The molecule has 19 heavy (non-hydrogen) atoms. The quantitative estimate of drug-likeness (QED) is 0.626. The number of benzene rings is 2. The minimum atomic E-state index is 0.739. The number of anilines is 1. The number of para-hydroxylation sites is 1. The van der Waals surface area contributed by atoms with Gasteiger partial charge in [0.2, 0.25) is 0 Å². The van der Waals surface area contributed by atoms with Gasteiger partial charge in [0.15, 0.2) is 0 Å². The Bertz CT molecular complexity index is 523. The lowest BCUT2D eigenvalue weighted by molar-refractivity contribution is 0.317. The average molecular weight is 254 g/mol. The van der Waals surface area contributed by atoms with E-state index in [1.165, 1.54) is 0 Å². The summed E-state index contributed by atoms with van der Waals surface area (Å²) >= 11 is 0. The topological polar surface area (TPSA) is 33.6 Å². The maximum absolute atomic E-state index is 5.58. The molecule has 0 fully saturated rings. The molecule has 0 aromatic heterocycles. The molecule has 0 spiro atoms. The largest absolute Gasteiger partial charge is 0.494 e. The van der Waals surface area contributed by atoms with Crippen molar-refractivity contribution in [1.29, 1.82) is 0 Å². The third-order valence-corrected chi connectivity index (χ3v) is 2.51. The summed E-state index contributed by atoms with van der Waals surface area (Å²) in [5, 5.41) is 4.20. The molecule has 0 heterocycles. The number of nitrogens with one attached hydrogen (secondary N) is 1. The summed E-state index contributed by atoms with van der Waals surface area (Å²) in [4.78, 5) is 0. The highest BCUT2D eigenvalue weighted by atomic mass is 16.5. The zero-order valence-electron chi connectivity index (χ0n) is 11.0. The molecule has 2 aromatic carbocycles. The normalized spacial score (nSPS) is 10.6. The number of nitrogens with zero attached hydrogens (tertiary/aromatic N) is 1. The van der Waals surface area contributed by atoms with E-state index < -0.39 is 0 Å². The lowest BCUT2D eigenvalue weighted by Gasteiger charge is -2.04. The lowest BCUT2D eigenvalue weighted by Crippen LogP contribution is -1.96. The number of hydrogen-bond donors (Lipinski definition) is 1. The van der Waals surface area contributed by atoms with Crippen LogP contribution in [0.4, 0.5) is 5.69 Å². The maximum atomic E-state index is 5.58. The van der Waals surface area contributed by atoms with Crippen molar-refractivity contribution < 1.29 is 4.74 Å². The summed E-state index contributed by atoms with van der Waals surface area (Å²) in [6.45, 7) is 2.83. The van der Waals surface area contributed by atoms with Gasteiger partial charge in [-0.15, -0.1) is 0 Å². The van der Waals surface area contributed by atoms with Crippen molar-refractivity contribution in [3.8, 4) is 5.75 Å². The Kier molecular flexibility index (Phi) is 4.99. The Labute approximate surface area is 113 Å². The van der Waals surface area contributed by atoms with Crippen molar-refractivity contribution in [3.05, 3.63) is 60.2 Å². The molecule has 0 radical (unpaired) electrons. The van der Waals surface area contributed by atoms with E-state index in [1.807, 2.05) is 54.6 Å². The summed E-state index contributed by atoms with van der Waals surface area (Å²) in [6, 6.07) is 17.8. The van der Waals surface area contributed by atoms with E-state index in [0.29, 0.717) is 0 Å². The highest BCUT2D eigenvalue weighted by Gasteiger charge is 1.94. The van der Waals surface area contributed by atoms with Crippen molar-refractivity contribution >= 4 is 11.9 Å². The highest BCUT2D eigenvalue weighted by molar-refractivity contribution is 5.80. The van der Waals surface area contributed by atoms with Gasteiger partial charge in [-0.3, -0.25) is 5.43 Å². The summed E-state index contributed by atoms with van der Waals surface area (Å²) < 4.78 is 5.58. The first kappa shape index (κ1) is 13.1. The summed E-state index contributed by atoms with van der Waals surface area (Å²) in [5.74, 6) is 0.880. The second-order valence-corrected chi connectivity index (χ2v) is 4.16. The smallest absolute Gasteiger partial charge is 0.119 e. The van der Waals surface area contributed by atoms with E-state index in [9.17, 15) is 0 Å². The second-order valence-electron chi connectivity index (χ2n) is 4.16. The van der Waals surface area contributed by atoms with Crippen LogP contribution in [0.25, 0.3) is 0 Å². The van der Waals surface area contributed by atoms with Crippen LogP contribution in [0.15, 0.2) is 59.7 Å². The molecule has 98 valence electrons. The van der Waals surface area contributed by atoms with Crippen molar-refractivity contribution in [2.75, 3.05) is 12.0 Å². The van der Waals surface area contributed by atoms with E-state index in [0.717, 1.165) is 30.0 Å². The van der Waals surface area contributed by atoms with Gasteiger partial charge < -0.3 is 4.74 Å². The third-order valence-electron chi connectivity index (χ3n) is 2.51. The van der Waals surface area contributed by atoms with Gasteiger partial charge in [-0.05, 0) is 36.2 Å². The van der Waals surface area contributed by atoms with Crippen LogP contribution in [0.5, 0.6) is 5.75 Å². The van der Waals surface area contributed by atoms with Crippen LogP contribution in [-0.2, 0) is 0 Å². The highest BCUT2D eigenvalue weighted by Crippen LogP contribution is 2.12. The molecule has 0 saturated heterocycles. The standard InChI is InChI=1S/C16H18N2O/c1-2-11-19-16-10-6-7-14(12-16)13-17-18-15-8-4-3-5-9-15/h3-10,12-13,18H,2,11H2,1H3. The molecule has 0 aliphatic rings. The van der Waals surface area contributed by atoms with Gasteiger partial charge in [0.1, 0.15) is 5.75 Å². The molecule has 2 aromatic rings. The van der Waals surface area contributed by atoms with Crippen LogP contribution in [0.1, 0.15) is 18.9 Å². The van der Waals surface area contributed by atoms with E-state index in [1.54, 1.807) is 6.21 Å². The van der Waals surface area contributed by atoms with Gasteiger partial charge in [-0.1, -0.05) is 37.3 Å². The average Bonchev–Trinajstić information content (AvgIpc) is 2.47. The lowest BCUT2D eigenvalue weighted by atomic mass is 10.2. The van der Waals surface area contributed by atoms with Gasteiger partial charge >= 0.3 is 0 Å². The Morgan fingerprint density at radius 2 is 1.95 bits per heavy atom. The van der Waals surface area contributed by atoms with E-state index >= 15 is 0 Å². The van der Waals surface area contributed by atoms with Crippen molar-refractivity contribution in [2.24, 2.45) is 5.10 Å². The molecule has 0 saturated carbocycles. The van der Waals surface area contributed by atoms with E-state index in [2.05, 4.69) is 17.5 Å². The predicted octanol–water partition coefficient (Wildman–Crippen LogP) is 3.92. The molecule has 0 amide bonds. The first-order valence-electron chi connectivity index (χ1n) is 6.45. The van der Waals surface area contributed by atoms with Crippen LogP contribution >= 0.6 is 0 Å².